The SMILES string of the molecule is CCOCc1noc(CCC(N)c2ccccc2)n1. The normalized spacial score (nSPS) is 12.5. The van der Waals surface area contributed by atoms with Gasteiger partial charge in [0.25, 0.3) is 0 Å². The molecule has 102 valence electrons. The third-order valence-electron chi connectivity index (χ3n) is 2.84. The lowest BCUT2D eigenvalue weighted by Crippen LogP contribution is -2.11. The van der Waals surface area contributed by atoms with Crippen molar-refractivity contribution < 1.29 is 9.26 Å². The summed E-state index contributed by atoms with van der Waals surface area (Å²) in [4.78, 5) is 4.26. The first-order valence-electron chi connectivity index (χ1n) is 6.49. The molecule has 0 aliphatic heterocycles. The predicted octanol–water partition coefficient (Wildman–Crippen LogP) is 2.24. The maximum absolute atomic E-state index is 6.12. The zero-order valence-corrected chi connectivity index (χ0v) is 11.1. The van der Waals surface area contributed by atoms with Crippen LogP contribution >= 0.6 is 0 Å². The van der Waals surface area contributed by atoms with E-state index in [4.69, 9.17) is 15.0 Å². The van der Waals surface area contributed by atoms with Gasteiger partial charge in [-0.15, -0.1) is 0 Å². The molecule has 2 N–H and O–H groups in total. The molecule has 0 saturated carbocycles. The fourth-order valence-corrected chi connectivity index (χ4v) is 1.79. The topological polar surface area (TPSA) is 74.2 Å². The highest BCUT2D eigenvalue weighted by Crippen LogP contribution is 2.15. The van der Waals surface area contributed by atoms with Crippen molar-refractivity contribution in [3.05, 3.63) is 47.6 Å². The van der Waals surface area contributed by atoms with E-state index >= 15 is 0 Å². The highest BCUT2D eigenvalue weighted by molar-refractivity contribution is 5.18. The Bertz CT molecular complexity index is 484. The fourth-order valence-electron chi connectivity index (χ4n) is 1.79. The molecule has 1 atom stereocenters. The average Bonchev–Trinajstić information content (AvgIpc) is 2.91. The zero-order chi connectivity index (χ0) is 13.5. The quantitative estimate of drug-likeness (QED) is 0.827. The van der Waals surface area contributed by atoms with E-state index in [1.165, 1.54) is 0 Å². The molecule has 0 aliphatic carbocycles. The van der Waals surface area contributed by atoms with Gasteiger partial charge in [0.2, 0.25) is 5.89 Å². The van der Waals surface area contributed by atoms with Crippen molar-refractivity contribution in [2.75, 3.05) is 6.61 Å². The Morgan fingerprint density at radius 1 is 1.32 bits per heavy atom. The van der Waals surface area contributed by atoms with Crippen LogP contribution in [0.3, 0.4) is 0 Å². The lowest BCUT2D eigenvalue weighted by Gasteiger charge is -2.09. The molecule has 1 unspecified atom stereocenters. The summed E-state index contributed by atoms with van der Waals surface area (Å²) in [6, 6.07) is 10.00. The molecule has 0 saturated heterocycles. The number of rotatable bonds is 7. The number of hydrogen-bond acceptors (Lipinski definition) is 5. The van der Waals surface area contributed by atoms with Gasteiger partial charge in [-0.3, -0.25) is 0 Å². The zero-order valence-electron chi connectivity index (χ0n) is 11.1. The first-order chi connectivity index (χ1) is 9.29. The molecule has 1 heterocycles. The highest BCUT2D eigenvalue weighted by Gasteiger charge is 2.10. The van der Waals surface area contributed by atoms with Gasteiger partial charge in [-0.05, 0) is 18.9 Å². The van der Waals surface area contributed by atoms with Crippen LogP contribution < -0.4 is 5.73 Å². The summed E-state index contributed by atoms with van der Waals surface area (Å²) in [5.41, 5.74) is 7.24. The van der Waals surface area contributed by atoms with Crippen LogP contribution in [0.15, 0.2) is 34.9 Å². The van der Waals surface area contributed by atoms with E-state index in [0.717, 1.165) is 12.0 Å². The van der Waals surface area contributed by atoms with Crippen LogP contribution in [0.4, 0.5) is 0 Å². The van der Waals surface area contributed by atoms with E-state index in [1.807, 2.05) is 37.3 Å². The fraction of sp³-hybridized carbons (Fsp3) is 0.429. The molecule has 0 aliphatic rings. The Morgan fingerprint density at radius 2 is 2.11 bits per heavy atom. The van der Waals surface area contributed by atoms with Crippen LogP contribution in [0.2, 0.25) is 0 Å². The summed E-state index contributed by atoms with van der Waals surface area (Å²) in [7, 11) is 0. The number of nitrogens with two attached hydrogens (primary N) is 1. The minimum Gasteiger partial charge on any atom is -0.374 e. The molecule has 0 spiro atoms. The molecule has 1 aromatic heterocycles. The first-order valence-corrected chi connectivity index (χ1v) is 6.49. The number of aryl methyl sites for hydroxylation is 1. The van der Waals surface area contributed by atoms with Gasteiger partial charge in [-0.1, -0.05) is 35.5 Å². The van der Waals surface area contributed by atoms with E-state index in [1.54, 1.807) is 0 Å². The van der Waals surface area contributed by atoms with Gasteiger partial charge in [0.15, 0.2) is 5.82 Å². The molecular formula is C14H19N3O2. The monoisotopic (exact) mass is 261 g/mol. The summed E-state index contributed by atoms with van der Waals surface area (Å²) >= 11 is 0. The predicted molar refractivity (Wildman–Crippen MR) is 71.3 cm³/mol. The number of ether oxygens (including phenoxy) is 1. The maximum atomic E-state index is 6.12. The van der Waals surface area contributed by atoms with Gasteiger partial charge < -0.3 is 15.0 Å². The van der Waals surface area contributed by atoms with Crippen LogP contribution in [0.25, 0.3) is 0 Å². The summed E-state index contributed by atoms with van der Waals surface area (Å²) in [5, 5.41) is 3.85. The van der Waals surface area contributed by atoms with Crippen molar-refractivity contribution in [1.29, 1.82) is 0 Å². The van der Waals surface area contributed by atoms with Crippen molar-refractivity contribution in [3.63, 3.8) is 0 Å². The lowest BCUT2D eigenvalue weighted by atomic mass is 10.0. The molecule has 0 radical (unpaired) electrons. The molecule has 0 bridgehead atoms. The minimum absolute atomic E-state index is 0.0107. The van der Waals surface area contributed by atoms with E-state index in [-0.39, 0.29) is 6.04 Å². The number of aromatic nitrogens is 2. The standard InChI is InChI=1S/C14H19N3O2/c1-2-18-10-13-16-14(19-17-13)9-8-12(15)11-6-4-3-5-7-11/h3-7,12H,2,8-10,15H2,1H3. The third-order valence-corrected chi connectivity index (χ3v) is 2.84. The summed E-state index contributed by atoms with van der Waals surface area (Å²) < 4.78 is 10.4. The Kier molecular flexibility index (Phi) is 5.06. The molecule has 0 fully saturated rings. The minimum atomic E-state index is -0.0107. The molecule has 2 rings (SSSR count). The number of nitrogens with zero attached hydrogens (tertiary/aromatic N) is 2. The first kappa shape index (κ1) is 13.7. The molecule has 19 heavy (non-hydrogen) atoms. The van der Waals surface area contributed by atoms with Gasteiger partial charge in [0, 0.05) is 19.1 Å². The van der Waals surface area contributed by atoms with Crippen molar-refractivity contribution in [1.82, 2.24) is 10.1 Å². The third kappa shape index (κ3) is 4.15. The van der Waals surface area contributed by atoms with E-state index in [9.17, 15) is 0 Å². The smallest absolute Gasteiger partial charge is 0.226 e. The molecule has 5 heteroatoms. The van der Waals surface area contributed by atoms with Gasteiger partial charge in [0.1, 0.15) is 6.61 Å². The second kappa shape index (κ2) is 7.01. The van der Waals surface area contributed by atoms with E-state index < -0.39 is 0 Å². The van der Waals surface area contributed by atoms with Crippen LogP contribution in [0.5, 0.6) is 0 Å². The Labute approximate surface area is 112 Å². The van der Waals surface area contributed by atoms with Gasteiger partial charge in [0.05, 0.1) is 0 Å². The van der Waals surface area contributed by atoms with E-state index in [0.29, 0.717) is 31.3 Å². The molecule has 5 nitrogen and oxygen atoms in total. The Morgan fingerprint density at radius 3 is 2.84 bits per heavy atom. The number of benzene rings is 1. The van der Waals surface area contributed by atoms with Crippen LogP contribution in [0.1, 0.15) is 36.7 Å². The van der Waals surface area contributed by atoms with Gasteiger partial charge >= 0.3 is 0 Å². The van der Waals surface area contributed by atoms with Crippen LogP contribution in [-0.2, 0) is 17.8 Å². The van der Waals surface area contributed by atoms with Crippen molar-refractivity contribution in [3.8, 4) is 0 Å². The van der Waals surface area contributed by atoms with Crippen molar-refractivity contribution in [2.24, 2.45) is 5.73 Å². The summed E-state index contributed by atoms with van der Waals surface area (Å²) in [6.07, 6.45) is 1.45. The Balaban J connectivity index is 1.83. The van der Waals surface area contributed by atoms with Crippen molar-refractivity contribution >= 4 is 0 Å². The molecule has 2 aromatic rings. The lowest BCUT2D eigenvalue weighted by molar-refractivity contribution is 0.126. The second-order valence-electron chi connectivity index (χ2n) is 4.30. The molecule has 0 amide bonds. The van der Waals surface area contributed by atoms with Gasteiger partial charge in [-0.25, -0.2) is 0 Å². The van der Waals surface area contributed by atoms with Crippen LogP contribution in [-0.4, -0.2) is 16.7 Å². The maximum Gasteiger partial charge on any atom is 0.226 e. The average molecular weight is 261 g/mol. The molecular weight excluding hydrogens is 242 g/mol. The van der Waals surface area contributed by atoms with Crippen molar-refractivity contribution in [2.45, 2.75) is 32.4 Å². The highest BCUT2D eigenvalue weighted by atomic mass is 16.5. The second-order valence-corrected chi connectivity index (χ2v) is 4.30. The van der Waals surface area contributed by atoms with E-state index in [2.05, 4.69) is 10.1 Å². The van der Waals surface area contributed by atoms with Gasteiger partial charge in [-0.2, -0.15) is 4.98 Å². The molecule has 1 aromatic carbocycles. The van der Waals surface area contributed by atoms with Crippen LogP contribution in [0, 0.1) is 0 Å². The Hall–Kier alpha value is -1.72. The summed E-state index contributed by atoms with van der Waals surface area (Å²) in [6.45, 7) is 2.97. The largest absolute Gasteiger partial charge is 0.374 e. The summed E-state index contributed by atoms with van der Waals surface area (Å²) in [5.74, 6) is 1.20. The number of hydrogen-bond donors (Lipinski definition) is 1.